The molecule has 2 aromatic carbocycles. The van der Waals surface area contributed by atoms with Crippen LogP contribution < -0.4 is 11.5 Å². The first kappa shape index (κ1) is 12.1. The number of carbonyl (C=O) groups is 1. The number of aryl methyl sites for hydroxylation is 1. The van der Waals surface area contributed by atoms with Crippen molar-refractivity contribution in [1.29, 1.82) is 5.41 Å². The molecule has 0 unspecified atom stereocenters. The van der Waals surface area contributed by atoms with Crippen molar-refractivity contribution < 1.29 is 4.79 Å². The molecular weight excluding hydrogens is 226 g/mol. The summed E-state index contributed by atoms with van der Waals surface area (Å²) in [4.78, 5) is 10.8. The van der Waals surface area contributed by atoms with Gasteiger partial charge in [0.25, 0.3) is 0 Å². The maximum absolute atomic E-state index is 10.8. The number of benzene rings is 2. The van der Waals surface area contributed by atoms with Crippen LogP contribution in [0.3, 0.4) is 0 Å². The summed E-state index contributed by atoms with van der Waals surface area (Å²) in [5, 5.41) is 9.51. The van der Waals surface area contributed by atoms with Gasteiger partial charge < -0.3 is 11.5 Å². The Morgan fingerprint density at radius 3 is 2.61 bits per heavy atom. The molecule has 0 aliphatic heterocycles. The minimum Gasteiger partial charge on any atom is -0.384 e. The standard InChI is InChI=1S/C14H15N3O/c15-13(18)7-5-9-2-1-3-10-8-11(14(16)17)4-6-12(9)10/h1-4,6,8H,5,7H2,(H2,15,18)(H3,16,17). The summed E-state index contributed by atoms with van der Waals surface area (Å²) in [5.41, 5.74) is 12.4. The van der Waals surface area contributed by atoms with Crippen LogP contribution in [0, 0.1) is 5.41 Å². The minimum absolute atomic E-state index is 0.0550. The highest BCUT2D eigenvalue weighted by atomic mass is 16.1. The van der Waals surface area contributed by atoms with Crippen molar-refractivity contribution in [1.82, 2.24) is 0 Å². The zero-order valence-corrected chi connectivity index (χ0v) is 9.94. The van der Waals surface area contributed by atoms with Crippen LogP contribution in [0.15, 0.2) is 36.4 Å². The molecule has 0 heterocycles. The molecule has 0 aliphatic rings. The van der Waals surface area contributed by atoms with E-state index in [0.717, 1.165) is 16.3 Å². The van der Waals surface area contributed by atoms with Gasteiger partial charge in [0, 0.05) is 12.0 Å². The largest absolute Gasteiger partial charge is 0.384 e. The van der Waals surface area contributed by atoms with Gasteiger partial charge in [-0.05, 0) is 28.8 Å². The van der Waals surface area contributed by atoms with Crippen LogP contribution in [0.4, 0.5) is 0 Å². The van der Waals surface area contributed by atoms with Gasteiger partial charge in [0.1, 0.15) is 5.84 Å². The average Bonchev–Trinajstić information content (AvgIpc) is 2.35. The van der Waals surface area contributed by atoms with E-state index in [9.17, 15) is 4.79 Å². The fourth-order valence-corrected chi connectivity index (χ4v) is 1.99. The summed E-state index contributed by atoms with van der Waals surface area (Å²) in [6, 6.07) is 11.5. The van der Waals surface area contributed by atoms with Crippen LogP contribution in [0.5, 0.6) is 0 Å². The third-order valence-corrected chi connectivity index (χ3v) is 2.92. The number of amidine groups is 1. The molecular formula is C14H15N3O. The van der Waals surface area contributed by atoms with Gasteiger partial charge >= 0.3 is 0 Å². The normalized spacial score (nSPS) is 10.4. The molecule has 92 valence electrons. The summed E-state index contributed by atoms with van der Waals surface area (Å²) in [7, 11) is 0. The summed E-state index contributed by atoms with van der Waals surface area (Å²) in [5.74, 6) is -0.244. The molecule has 2 aromatic rings. The maximum Gasteiger partial charge on any atom is 0.217 e. The molecule has 5 N–H and O–H groups in total. The van der Waals surface area contributed by atoms with Gasteiger partial charge in [0.2, 0.25) is 5.91 Å². The number of nitrogens with two attached hydrogens (primary N) is 2. The molecule has 4 heteroatoms. The Morgan fingerprint density at radius 1 is 1.17 bits per heavy atom. The Balaban J connectivity index is 2.43. The lowest BCUT2D eigenvalue weighted by Crippen LogP contribution is -2.11. The SMILES string of the molecule is N=C(N)c1ccc2c(CCC(N)=O)cccc2c1. The van der Waals surface area contributed by atoms with Crippen molar-refractivity contribution in [2.75, 3.05) is 0 Å². The molecule has 2 rings (SSSR count). The summed E-state index contributed by atoms with van der Waals surface area (Å²) in [6.07, 6.45) is 0.972. The first-order valence-corrected chi connectivity index (χ1v) is 5.72. The van der Waals surface area contributed by atoms with Crippen LogP contribution in [0.1, 0.15) is 17.5 Å². The van der Waals surface area contributed by atoms with E-state index in [4.69, 9.17) is 16.9 Å². The van der Waals surface area contributed by atoms with Crippen molar-refractivity contribution in [3.8, 4) is 0 Å². The Kier molecular flexibility index (Phi) is 3.28. The van der Waals surface area contributed by atoms with E-state index in [1.165, 1.54) is 0 Å². The second-order valence-corrected chi connectivity index (χ2v) is 4.23. The topological polar surface area (TPSA) is 93.0 Å². The zero-order valence-electron chi connectivity index (χ0n) is 9.94. The lowest BCUT2D eigenvalue weighted by atomic mass is 9.99. The van der Waals surface area contributed by atoms with Crippen molar-refractivity contribution in [2.45, 2.75) is 12.8 Å². The number of amides is 1. The van der Waals surface area contributed by atoms with Gasteiger partial charge in [-0.3, -0.25) is 10.2 Å². The van der Waals surface area contributed by atoms with E-state index in [1.807, 2.05) is 36.4 Å². The molecule has 18 heavy (non-hydrogen) atoms. The van der Waals surface area contributed by atoms with Gasteiger partial charge in [-0.1, -0.05) is 30.3 Å². The van der Waals surface area contributed by atoms with Gasteiger partial charge in [-0.2, -0.15) is 0 Å². The number of hydrogen-bond donors (Lipinski definition) is 3. The summed E-state index contributed by atoms with van der Waals surface area (Å²) >= 11 is 0. The number of fused-ring (bicyclic) bond motifs is 1. The number of nitrogens with one attached hydrogen (secondary N) is 1. The Morgan fingerprint density at radius 2 is 1.94 bits per heavy atom. The molecule has 1 amide bonds. The van der Waals surface area contributed by atoms with Gasteiger partial charge in [0.15, 0.2) is 0 Å². The lowest BCUT2D eigenvalue weighted by Gasteiger charge is -2.07. The average molecular weight is 241 g/mol. The number of nitrogen functional groups attached to an aromatic ring is 1. The molecule has 0 fully saturated rings. The molecule has 4 nitrogen and oxygen atoms in total. The number of hydrogen-bond acceptors (Lipinski definition) is 2. The summed E-state index contributed by atoms with van der Waals surface area (Å²) < 4.78 is 0. The van der Waals surface area contributed by atoms with Crippen molar-refractivity contribution in [2.24, 2.45) is 11.5 Å². The Hall–Kier alpha value is -2.36. The minimum atomic E-state index is -0.299. The summed E-state index contributed by atoms with van der Waals surface area (Å²) in [6.45, 7) is 0. The lowest BCUT2D eigenvalue weighted by molar-refractivity contribution is -0.117. The van der Waals surface area contributed by atoms with Crippen LogP contribution in [0.2, 0.25) is 0 Å². The zero-order chi connectivity index (χ0) is 13.1. The first-order valence-electron chi connectivity index (χ1n) is 5.72. The Bertz CT molecular complexity index is 619. The van der Waals surface area contributed by atoms with Gasteiger partial charge in [-0.15, -0.1) is 0 Å². The van der Waals surface area contributed by atoms with E-state index in [2.05, 4.69) is 0 Å². The van der Waals surface area contributed by atoms with E-state index in [-0.39, 0.29) is 11.7 Å². The second-order valence-electron chi connectivity index (χ2n) is 4.23. The molecule has 0 aromatic heterocycles. The highest BCUT2D eigenvalue weighted by molar-refractivity contribution is 5.99. The third-order valence-electron chi connectivity index (χ3n) is 2.92. The van der Waals surface area contributed by atoms with E-state index in [0.29, 0.717) is 18.4 Å². The predicted molar refractivity (Wildman–Crippen MR) is 72.5 cm³/mol. The van der Waals surface area contributed by atoms with E-state index in [1.54, 1.807) is 0 Å². The third kappa shape index (κ3) is 2.48. The molecule has 0 aliphatic carbocycles. The van der Waals surface area contributed by atoms with Crippen LogP contribution in [-0.4, -0.2) is 11.7 Å². The van der Waals surface area contributed by atoms with Crippen LogP contribution in [-0.2, 0) is 11.2 Å². The highest BCUT2D eigenvalue weighted by Gasteiger charge is 2.04. The van der Waals surface area contributed by atoms with Crippen LogP contribution in [0.25, 0.3) is 10.8 Å². The van der Waals surface area contributed by atoms with E-state index >= 15 is 0 Å². The van der Waals surface area contributed by atoms with Crippen molar-refractivity contribution in [3.05, 3.63) is 47.5 Å². The molecule has 0 spiro atoms. The number of carbonyl (C=O) groups excluding carboxylic acids is 1. The quantitative estimate of drug-likeness (QED) is 0.559. The molecule has 0 radical (unpaired) electrons. The smallest absolute Gasteiger partial charge is 0.217 e. The fraction of sp³-hybridized carbons (Fsp3) is 0.143. The van der Waals surface area contributed by atoms with Gasteiger partial charge in [-0.25, -0.2) is 0 Å². The van der Waals surface area contributed by atoms with Crippen molar-refractivity contribution >= 4 is 22.5 Å². The highest BCUT2D eigenvalue weighted by Crippen LogP contribution is 2.21. The number of rotatable bonds is 4. The number of primary amides is 1. The molecule has 0 bridgehead atoms. The Labute approximate surface area is 105 Å². The molecule has 0 saturated heterocycles. The maximum atomic E-state index is 10.8. The molecule has 0 atom stereocenters. The molecule has 0 saturated carbocycles. The fourth-order valence-electron chi connectivity index (χ4n) is 1.99. The first-order chi connectivity index (χ1) is 8.58. The van der Waals surface area contributed by atoms with Crippen molar-refractivity contribution in [3.63, 3.8) is 0 Å². The predicted octanol–water partition coefficient (Wildman–Crippen LogP) is 1.54. The van der Waals surface area contributed by atoms with Crippen LogP contribution >= 0.6 is 0 Å². The van der Waals surface area contributed by atoms with Gasteiger partial charge in [0.05, 0.1) is 0 Å². The second kappa shape index (κ2) is 4.87. The monoisotopic (exact) mass is 241 g/mol. The van der Waals surface area contributed by atoms with E-state index < -0.39 is 0 Å².